The molecule has 8 nitrogen and oxygen atoms in total. The van der Waals surface area contributed by atoms with Crippen LogP contribution in [0.5, 0.6) is 0 Å². The topological polar surface area (TPSA) is 104 Å². The number of carbonyl (C=O) groups is 1. The molecule has 1 N–H and O–H groups in total. The lowest BCUT2D eigenvalue weighted by atomic mass is 10.1. The SMILES string of the molecule is O=C(CNc1ccc(S(=O)(=O)N2CCCCCC2)cc1)c1ccc(S(=O)(=O)N2CCCCC2)cc1. The van der Waals surface area contributed by atoms with Gasteiger partial charge < -0.3 is 5.32 Å². The molecule has 0 radical (unpaired) electrons. The van der Waals surface area contributed by atoms with E-state index >= 15 is 0 Å². The predicted octanol–water partition coefficient (Wildman–Crippen LogP) is 3.72. The van der Waals surface area contributed by atoms with E-state index < -0.39 is 20.0 Å². The Morgan fingerprint density at radius 2 is 1.03 bits per heavy atom. The van der Waals surface area contributed by atoms with E-state index in [2.05, 4.69) is 5.32 Å². The average molecular weight is 520 g/mol. The van der Waals surface area contributed by atoms with Gasteiger partial charge in [0.2, 0.25) is 20.0 Å². The van der Waals surface area contributed by atoms with Crippen molar-refractivity contribution in [3.05, 3.63) is 54.1 Å². The van der Waals surface area contributed by atoms with Gasteiger partial charge >= 0.3 is 0 Å². The lowest BCUT2D eigenvalue weighted by Gasteiger charge is -2.25. The molecule has 4 rings (SSSR count). The smallest absolute Gasteiger partial charge is 0.243 e. The van der Waals surface area contributed by atoms with E-state index in [1.165, 1.54) is 28.6 Å². The highest BCUT2D eigenvalue weighted by molar-refractivity contribution is 7.89. The molecule has 35 heavy (non-hydrogen) atoms. The molecule has 2 aromatic rings. The monoisotopic (exact) mass is 519 g/mol. The Balaban J connectivity index is 1.35. The molecule has 0 aliphatic carbocycles. The van der Waals surface area contributed by atoms with Gasteiger partial charge in [-0.15, -0.1) is 0 Å². The van der Waals surface area contributed by atoms with Gasteiger partial charge in [-0.2, -0.15) is 8.61 Å². The molecule has 0 atom stereocenters. The quantitative estimate of drug-likeness (QED) is 0.533. The Bertz CT molecular complexity index is 1210. The van der Waals surface area contributed by atoms with E-state index in [1.807, 2.05) is 0 Å². The van der Waals surface area contributed by atoms with Crippen molar-refractivity contribution in [3.8, 4) is 0 Å². The first kappa shape index (κ1) is 25.8. The molecule has 2 aromatic carbocycles. The summed E-state index contributed by atoms with van der Waals surface area (Å²) in [6.45, 7) is 2.18. The maximum Gasteiger partial charge on any atom is 0.243 e. The lowest BCUT2D eigenvalue weighted by Crippen LogP contribution is -2.35. The summed E-state index contributed by atoms with van der Waals surface area (Å²) in [5, 5.41) is 3.02. The Hall–Kier alpha value is -2.27. The van der Waals surface area contributed by atoms with Crippen LogP contribution in [-0.4, -0.2) is 64.0 Å². The number of piperidine rings is 1. The van der Waals surface area contributed by atoms with Crippen LogP contribution >= 0.6 is 0 Å². The molecule has 0 amide bonds. The Kier molecular flexibility index (Phi) is 8.26. The first-order chi connectivity index (χ1) is 16.8. The molecule has 0 saturated carbocycles. The summed E-state index contributed by atoms with van der Waals surface area (Å²) in [5.41, 5.74) is 1.05. The number of benzene rings is 2. The molecular weight excluding hydrogens is 486 g/mol. The zero-order valence-corrected chi connectivity index (χ0v) is 21.5. The Morgan fingerprint density at radius 1 is 0.629 bits per heavy atom. The second-order valence-electron chi connectivity index (χ2n) is 9.11. The number of hydrogen-bond acceptors (Lipinski definition) is 6. The minimum atomic E-state index is -3.53. The number of anilines is 1. The van der Waals surface area contributed by atoms with Crippen molar-refractivity contribution >= 4 is 31.5 Å². The van der Waals surface area contributed by atoms with Crippen LogP contribution in [0.4, 0.5) is 5.69 Å². The number of sulfonamides is 2. The highest BCUT2D eigenvalue weighted by Crippen LogP contribution is 2.23. The summed E-state index contributed by atoms with van der Waals surface area (Å²) >= 11 is 0. The lowest BCUT2D eigenvalue weighted by molar-refractivity contribution is 0.101. The van der Waals surface area contributed by atoms with Crippen molar-refractivity contribution < 1.29 is 21.6 Å². The second-order valence-corrected chi connectivity index (χ2v) is 13.0. The number of rotatable bonds is 8. The van der Waals surface area contributed by atoms with Crippen LogP contribution < -0.4 is 5.32 Å². The van der Waals surface area contributed by atoms with Crippen LogP contribution in [0.3, 0.4) is 0 Å². The minimum Gasteiger partial charge on any atom is -0.378 e. The van der Waals surface area contributed by atoms with E-state index in [9.17, 15) is 21.6 Å². The normalized spacial score (nSPS) is 18.6. The van der Waals surface area contributed by atoms with Crippen LogP contribution in [0.25, 0.3) is 0 Å². The molecule has 2 aliphatic rings. The van der Waals surface area contributed by atoms with E-state index in [1.54, 1.807) is 28.6 Å². The molecule has 190 valence electrons. The largest absolute Gasteiger partial charge is 0.378 e. The van der Waals surface area contributed by atoms with Crippen molar-refractivity contribution in [2.24, 2.45) is 0 Å². The van der Waals surface area contributed by atoms with Crippen LogP contribution in [0.1, 0.15) is 55.3 Å². The third-order valence-corrected chi connectivity index (χ3v) is 10.5. The summed E-state index contributed by atoms with van der Waals surface area (Å²) < 4.78 is 54.4. The fourth-order valence-corrected chi connectivity index (χ4v) is 7.56. The summed E-state index contributed by atoms with van der Waals surface area (Å²) in [7, 11) is -7.05. The van der Waals surface area contributed by atoms with Crippen molar-refractivity contribution in [1.29, 1.82) is 0 Å². The molecule has 2 fully saturated rings. The molecule has 0 bridgehead atoms. The summed E-state index contributed by atoms with van der Waals surface area (Å²) in [6.07, 6.45) is 6.65. The molecule has 0 aromatic heterocycles. The van der Waals surface area contributed by atoms with Crippen LogP contribution in [0, 0.1) is 0 Å². The fourth-order valence-electron chi connectivity index (χ4n) is 4.53. The van der Waals surface area contributed by atoms with Gasteiger partial charge in [0.1, 0.15) is 0 Å². The van der Waals surface area contributed by atoms with Crippen molar-refractivity contribution in [2.75, 3.05) is 38.0 Å². The molecule has 2 heterocycles. The number of Topliss-reactive ketones (excluding diaryl/α,β-unsaturated/α-hetero) is 1. The Morgan fingerprint density at radius 3 is 1.49 bits per heavy atom. The van der Waals surface area contributed by atoms with Crippen molar-refractivity contribution in [1.82, 2.24) is 8.61 Å². The van der Waals surface area contributed by atoms with Gasteiger partial charge in [-0.1, -0.05) is 19.3 Å². The highest BCUT2D eigenvalue weighted by atomic mass is 32.2. The van der Waals surface area contributed by atoms with E-state index in [-0.39, 0.29) is 22.1 Å². The van der Waals surface area contributed by atoms with Gasteiger partial charge in [0.05, 0.1) is 16.3 Å². The first-order valence-corrected chi connectivity index (χ1v) is 15.1. The van der Waals surface area contributed by atoms with E-state index in [4.69, 9.17) is 0 Å². The minimum absolute atomic E-state index is 0.0104. The fraction of sp³-hybridized carbons (Fsp3) is 0.480. The van der Waals surface area contributed by atoms with Gasteiger partial charge in [0.25, 0.3) is 0 Å². The van der Waals surface area contributed by atoms with Gasteiger partial charge in [-0.25, -0.2) is 16.8 Å². The zero-order valence-electron chi connectivity index (χ0n) is 19.9. The van der Waals surface area contributed by atoms with Gasteiger partial charge in [-0.3, -0.25) is 4.79 Å². The summed E-state index contributed by atoms with van der Waals surface area (Å²) in [5.74, 6) is -0.187. The first-order valence-electron chi connectivity index (χ1n) is 12.3. The average Bonchev–Trinajstić information content (AvgIpc) is 3.18. The summed E-state index contributed by atoms with van der Waals surface area (Å²) in [4.78, 5) is 13.1. The van der Waals surface area contributed by atoms with E-state index in [0.717, 1.165) is 44.9 Å². The Labute approximate surface area is 208 Å². The van der Waals surface area contributed by atoms with Crippen LogP contribution in [0.2, 0.25) is 0 Å². The third kappa shape index (κ3) is 6.11. The molecule has 0 unspecified atom stereocenters. The number of carbonyl (C=O) groups excluding carboxylic acids is 1. The van der Waals surface area contributed by atoms with Crippen molar-refractivity contribution in [2.45, 2.75) is 54.7 Å². The van der Waals surface area contributed by atoms with Gasteiger partial charge in [-0.05, 0) is 74.2 Å². The molecule has 10 heteroatoms. The predicted molar refractivity (Wildman–Crippen MR) is 136 cm³/mol. The second kappa shape index (κ2) is 11.2. The highest BCUT2D eigenvalue weighted by Gasteiger charge is 2.26. The van der Waals surface area contributed by atoms with Gasteiger partial charge in [0.15, 0.2) is 5.78 Å². The van der Waals surface area contributed by atoms with Crippen LogP contribution in [0.15, 0.2) is 58.3 Å². The standard InChI is InChI=1S/C25H33N3O5S2/c29-25(21-8-12-23(13-9-21)34(30,31)28-18-6-3-7-19-28)20-26-22-10-14-24(15-11-22)35(32,33)27-16-4-1-2-5-17-27/h8-15,26H,1-7,16-20H2. The molecule has 0 spiro atoms. The van der Waals surface area contributed by atoms with Gasteiger partial charge in [0, 0.05) is 37.4 Å². The maximum atomic E-state index is 12.9. The number of ketones is 1. The summed E-state index contributed by atoms with van der Waals surface area (Å²) in [6, 6.07) is 12.5. The molecular formula is C25H33N3O5S2. The van der Waals surface area contributed by atoms with Crippen LogP contribution in [-0.2, 0) is 20.0 Å². The third-order valence-electron chi connectivity index (χ3n) is 6.64. The van der Waals surface area contributed by atoms with E-state index in [0.29, 0.717) is 37.4 Å². The maximum absolute atomic E-state index is 12.9. The number of nitrogens with zero attached hydrogens (tertiary/aromatic N) is 2. The number of nitrogens with one attached hydrogen (secondary N) is 1. The zero-order chi connectivity index (χ0) is 24.9. The number of hydrogen-bond donors (Lipinski definition) is 1. The van der Waals surface area contributed by atoms with Crippen molar-refractivity contribution in [3.63, 3.8) is 0 Å². The molecule has 2 aliphatic heterocycles. The molecule has 2 saturated heterocycles.